The van der Waals surface area contributed by atoms with E-state index in [0.717, 1.165) is 12.8 Å². The number of aryl methyl sites for hydroxylation is 1. The van der Waals surface area contributed by atoms with Crippen LogP contribution in [-0.2, 0) is 11.2 Å². The first-order valence-electron chi connectivity index (χ1n) is 5.72. The Hall–Kier alpha value is -0.620. The molecule has 1 unspecified atom stereocenters. The van der Waals surface area contributed by atoms with Gasteiger partial charge in [0.05, 0.1) is 0 Å². The summed E-state index contributed by atoms with van der Waals surface area (Å²) >= 11 is 2.28. The van der Waals surface area contributed by atoms with Gasteiger partial charge >= 0.3 is 5.97 Å². The minimum absolute atomic E-state index is 0.209. The smallest absolute Gasteiger partial charge is 0.320 e. The summed E-state index contributed by atoms with van der Waals surface area (Å²) in [5, 5.41) is 11.8. The number of rotatable bonds is 6. The van der Waals surface area contributed by atoms with Gasteiger partial charge in [-0.2, -0.15) is 0 Å². The largest absolute Gasteiger partial charge is 0.480 e. The Balaban J connectivity index is 2.35. The van der Waals surface area contributed by atoms with Gasteiger partial charge in [0, 0.05) is 9.61 Å². The first-order chi connectivity index (χ1) is 7.99. The van der Waals surface area contributed by atoms with Crippen LogP contribution < -0.4 is 5.32 Å². The van der Waals surface area contributed by atoms with Crippen molar-refractivity contribution in [3.8, 4) is 0 Å². The number of carboxylic acids is 1. The summed E-state index contributed by atoms with van der Waals surface area (Å²) in [4.78, 5) is 10.7. The molecule has 0 heterocycles. The average molecular weight is 347 g/mol. The van der Waals surface area contributed by atoms with E-state index in [-0.39, 0.29) is 6.04 Å². The molecule has 1 aromatic rings. The molecule has 4 heteroatoms. The zero-order chi connectivity index (χ0) is 12.8. The van der Waals surface area contributed by atoms with Crippen molar-refractivity contribution in [1.82, 2.24) is 5.32 Å². The molecular formula is C13H18INO2. The van der Waals surface area contributed by atoms with Gasteiger partial charge in [-0.25, -0.2) is 0 Å². The van der Waals surface area contributed by atoms with Crippen LogP contribution in [0.5, 0.6) is 0 Å². The Bertz CT molecular complexity index is 364. The van der Waals surface area contributed by atoms with Crippen LogP contribution in [-0.4, -0.2) is 23.2 Å². The van der Waals surface area contributed by atoms with Gasteiger partial charge < -0.3 is 10.4 Å². The van der Waals surface area contributed by atoms with E-state index in [4.69, 9.17) is 5.11 Å². The fourth-order valence-corrected chi connectivity index (χ4v) is 1.98. The first-order valence-corrected chi connectivity index (χ1v) is 6.80. The molecule has 0 saturated carbocycles. The third-order valence-corrected chi connectivity index (χ3v) is 3.40. The van der Waals surface area contributed by atoms with E-state index in [1.807, 2.05) is 6.92 Å². The number of hydrogen-bond acceptors (Lipinski definition) is 2. The van der Waals surface area contributed by atoms with Crippen LogP contribution in [0, 0.1) is 3.57 Å². The van der Waals surface area contributed by atoms with Crippen LogP contribution in [0.1, 0.15) is 25.8 Å². The Kier molecular flexibility index (Phi) is 5.91. The average Bonchev–Trinajstić information content (AvgIpc) is 2.28. The van der Waals surface area contributed by atoms with E-state index in [0.29, 0.717) is 0 Å². The van der Waals surface area contributed by atoms with Gasteiger partial charge in [0.1, 0.15) is 6.04 Å². The third kappa shape index (κ3) is 5.50. The SMILES string of the molecule is CC(CCc1ccc(I)cc1)N[C@H](C)C(=O)O. The Labute approximate surface area is 116 Å². The molecule has 0 spiro atoms. The highest BCUT2D eigenvalue weighted by Crippen LogP contribution is 2.09. The zero-order valence-corrected chi connectivity index (χ0v) is 12.3. The summed E-state index contributed by atoms with van der Waals surface area (Å²) in [5.41, 5.74) is 1.29. The normalized spacial score (nSPS) is 14.3. The van der Waals surface area contributed by atoms with Crippen LogP contribution >= 0.6 is 22.6 Å². The topological polar surface area (TPSA) is 49.3 Å². The number of hydrogen-bond donors (Lipinski definition) is 2. The molecule has 0 aliphatic heterocycles. The fourth-order valence-electron chi connectivity index (χ4n) is 1.62. The van der Waals surface area contributed by atoms with Crippen molar-refractivity contribution in [2.75, 3.05) is 0 Å². The van der Waals surface area contributed by atoms with Crippen molar-refractivity contribution >= 4 is 28.6 Å². The van der Waals surface area contributed by atoms with E-state index in [9.17, 15) is 4.79 Å². The molecule has 17 heavy (non-hydrogen) atoms. The van der Waals surface area contributed by atoms with Gasteiger partial charge in [0.15, 0.2) is 0 Å². The molecule has 94 valence electrons. The van der Waals surface area contributed by atoms with E-state index < -0.39 is 12.0 Å². The van der Waals surface area contributed by atoms with Crippen LogP contribution in [0.2, 0.25) is 0 Å². The van der Waals surface area contributed by atoms with Crippen molar-refractivity contribution in [2.45, 2.75) is 38.8 Å². The number of nitrogens with one attached hydrogen (secondary N) is 1. The monoisotopic (exact) mass is 347 g/mol. The molecule has 1 aromatic carbocycles. The number of carboxylic acid groups (broad SMARTS) is 1. The predicted octanol–water partition coefficient (Wildman–Crippen LogP) is 2.68. The molecule has 0 bridgehead atoms. The number of carbonyl (C=O) groups is 1. The van der Waals surface area contributed by atoms with Crippen LogP contribution in [0.3, 0.4) is 0 Å². The van der Waals surface area contributed by atoms with Crippen molar-refractivity contribution in [3.05, 3.63) is 33.4 Å². The summed E-state index contributed by atoms with van der Waals surface area (Å²) in [6.45, 7) is 3.69. The van der Waals surface area contributed by atoms with Crippen molar-refractivity contribution in [2.24, 2.45) is 0 Å². The summed E-state index contributed by atoms with van der Waals surface area (Å²) in [6.07, 6.45) is 1.91. The van der Waals surface area contributed by atoms with Crippen molar-refractivity contribution in [1.29, 1.82) is 0 Å². The van der Waals surface area contributed by atoms with Crippen LogP contribution in [0.15, 0.2) is 24.3 Å². The highest BCUT2D eigenvalue weighted by atomic mass is 127. The molecule has 0 radical (unpaired) electrons. The van der Waals surface area contributed by atoms with Gasteiger partial charge in [-0.3, -0.25) is 4.79 Å². The minimum Gasteiger partial charge on any atom is -0.480 e. The van der Waals surface area contributed by atoms with Gasteiger partial charge in [-0.1, -0.05) is 12.1 Å². The maximum absolute atomic E-state index is 10.7. The van der Waals surface area contributed by atoms with Crippen LogP contribution in [0.4, 0.5) is 0 Å². The molecule has 0 amide bonds. The second-order valence-electron chi connectivity index (χ2n) is 4.29. The molecule has 2 N–H and O–H groups in total. The van der Waals surface area contributed by atoms with E-state index in [1.54, 1.807) is 6.92 Å². The van der Waals surface area contributed by atoms with E-state index >= 15 is 0 Å². The second-order valence-corrected chi connectivity index (χ2v) is 5.54. The Morgan fingerprint density at radius 2 is 1.94 bits per heavy atom. The molecule has 0 aliphatic rings. The van der Waals surface area contributed by atoms with Gasteiger partial charge in [0.25, 0.3) is 0 Å². The van der Waals surface area contributed by atoms with Gasteiger partial charge in [0.2, 0.25) is 0 Å². The molecule has 0 aromatic heterocycles. The summed E-state index contributed by atoms with van der Waals surface area (Å²) in [5.74, 6) is -0.800. The van der Waals surface area contributed by atoms with Crippen molar-refractivity contribution in [3.63, 3.8) is 0 Å². The van der Waals surface area contributed by atoms with Gasteiger partial charge in [-0.05, 0) is 67.0 Å². The molecule has 2 atom stereocenters. The second kappa shape index (κ2) is 6.96. The maximum atomic E-state index is 10.7. The van der Waals surface area contributed by atoms with Crippen molar-refractivity contribution < 1.29 is 9.90 Å². The summed E-state index contributed by atoms with van der Waals surface area (Å²) in [6, 6.07) is 8.15. The Morgan fingerprint density at radius 3 is 2.47 bits per heavy atom. The third-order valence-electron chi connectivity index (χ3n) is 2.68. The number of aliphatic carboxylic acids is 1. The number of halogens is 1. The van der Waals surface area contributed by atoms with Gasteiger partial charge in [-0.15, -0.1) is 0 Å². The van der Waals surface area contributed by atoms with E-state index in [1.165, 1.54) is 9.13 Å². The minimum atomic E-state index is -0.800. The quantitative estimate of drug-likeness (QED) is 0.778. The zero-order valence-electron chi connectivity index (χ0n) is 10.1. The lowest BCUT2D eigenvalue weighted by Gasteiger charge is -2.16. The lowest BCUT2D eigenvalue weighted by molar-refractivity contribution is -0.139. The fraction of sp³-hybridized carbons (Fsp3) is 0.462. The molecular weight excluding hydrogens is 329 g/mol. The molecule has 3 nitrogen and oxygen atoms in total. The van der Waals surface area contributed by atoms with E-state index in [2.05, 4.69) is 52.2 Å². The first kappa shape index (κ1) is 14.4. The lowest BCUT2D eigenvalue weighted by Crippen LogP contribution is -2.40. The number of benzene rings is 1. The molecule has 0 aliphatic carbocycles. The molecule has 1 rings (SSSR count). The highest BCUT2D eigenvalue weighted by molar-refractivity contribution is 14.1. The predicted molar refractivity (Wildman–Crippen MR) is 77.2 cm³/mol. The summed E-state index contributed by atoms with van der Waals surface area (Å²) < 4.78 is 1.23. The standard InChI is InChI=1S/C13H18INO2/c1-9(15-10(2)13(16)17)3-4-11-5-7-12(14)8-6-11/h5-10,15H,3-4H2,1-2H3,(H,16,17)/t9?,10-/m1/s1. The molecule has 0 saturated heterocycles. The molecule has 0 fully saturated rings. The lowest BCUT2D eigenvalue weighted by atomic mass is 10.1. The Morgan fingerprint density at radius 1 is 1.35 bits per heavy atom. The van der Waals surface area contributed by atoms with Crippen LogP contribution in [0.25, 0.3) is 0 Å². The highest BCUT2D eigenvalue weighted by Gasteiger charge is 2.13. The summed E-state index contributed by atoms with van der Waals surface area (Å²) in [7, 11) is 0. The maximum Gasteiger partial charge on any atom is 0.320 e.